The molecule has 0 saturated heterocycles. The first-order chi connectivity index (χ1) is 16.5. The molecule has 0 aliphatic heterocycles. The summed E-state index contributed by atoms with van der Waals surface area (Å²) in [6.07, 6.45) is 0. The first-order valence-electron chi connectivity index (χ1n) is 10.8. The Morgan fingerprint density at radius 3 is 2.62 bits per heavy atom. The van der Waals surface area contributed by atoms with Crippen molar-refractivity contribution < 1.29 is 14.3 Å². The third-order valence-corrected chi connectivity index (χ3v) is 7.20. The Morgan fingerprint density at radius 1 is 1.12 bits per heavy atom. The zero-order valence-electron chi connectivity index (χ0n) is 19.5. The molecule has 0 radical (unpaired) electrons. The number of rotatable bonds is 9. The first-order valence-corrected chi connectivity index (χ1v) is 12.6. The Labute approximate surface area is 207 Å². The summed E-state index contributed by atoms with van der Waals surface area (Å²) in [5, 5.41) is 14.6. The minimum absolute atomic E-state index is 0.156. The van der Waals surface area contributed by atoms with Gasteiger partial charge in [0.25, 0.3) is 0 Å². The maximum absolute atomic E-state index is 12.7. The summed E-state index contributed by atoms with van der Waals surface area (Å²) in [5.74, 6) is 2.05. The van der Waals surface area contributed by atoms with E-state index in [1.165, 1.54) is 22.2 Å². The number of thioether (sulfide) groups is 1. The topological polar surface area (TPSA) is 78.3 Å². The van der Waals surface area contributed by atoms with Crippen molar-refractivity contribution in [3.05, 3.63) is 58.8 Å². The van der Waals surface area contributed by atoms with Crippen molar-refractivity contribution in [1.29, 1.82) is 0 Å². The van der Waals surface area contributed by atoms with Gasteiger partial charge in [0.2, 0.25) is 5.91 Å². The number of aromatic nitrogens is 3. The van der Waals surface area contributed by atoms with Crippen LogP contribution in [0.25, 0.3) is 22.5 Å². The van der Waals surface area contributed by atoms with E-state index in [1.54, 1.807) is 43.8 Å². The van der Waals surface area contributed by atoms with E-state index in [0.717, 1.165) is 17.0 Å². The maximum Gasteiger partial charge on any atom is 0.234 e. The molecule has 2 aromatic heterocycles. The van der Waals surface area contributed by atoms with E-state index in [2.05, 4.69) is 51.4 Å². The summed E-state index contributed by atoms with van der Waals surface area (Å²) in [7, 11) is 3.14. The number of hydrogen-bond donors (Lipinski definition) is 1. The molecule has 7 nitrogen and oxygen atoms in total. The van der Waals surface area contributed by atoms with Crippen LogP contribution >= 0.6 is 23.1 Å². The van der Waals surface area contributed by atoms with Crippen molar-refractivity contribution in [2.24, 2.45) is 0 Å². The molecule has 0 aliphatic rings. The number of aryl methyl sites for hydroxylation is 1. The van der Waals surface area contributed by atoms with E-state index < -0.39 is 0 Å². The van der Waals surface area contributed by atoms with Gasteiger partial charge >= 0.3 is 0 Å². The van der Waals surface area contributed by atoms with Gasteiger partial charge < -0.3 is 19.4 Å². The number of amides is 1. The van der Waals surface area contributed by atoms with Gasteiger partial charge in [0.05, 0.1) is 25.7 Å². The minimum atomic E-state index is -0.156. The molecule has 0 unspecified atom stereocenters. The average Bonchev–Trinajstić information content (AvgIpc) is 3.45. The fraction of sp³-hybridized carbons (Fsp3) is 0.240. The molecule has 0 spiro atoms. The van der Waals surface area contributed by atoms with Crippen LogP contribution in [0.2, 0.25) is 0 Å². The van der Waals surface area contributed by atoms with Crippen LogP contribution in [0.4, 0.5) is 5.69 Å². The predicted octanol–water partition coefficient (Wildman–Crippen LogP) is 5.75. The van der Waals surface area contributed by atoms with Crippen LogP contribution in [0.1, 0.15) is 11.8 Å². The zero-order valence-corrected chi connectivity index (χ0v) is 21.1. The van der Waals surface area contributed by atoms with Crippen LogP contribution in [0.3, 0.4) is 0 Å². The molecular weight excluding hydrogens is 468 g/mol. The molecule has 1 N–H and O–H groups in total. The van der Waals surface area contributed by atoms with Gasteiger partial charge in [-0.1, -0.05) is 42.1 Å². The highest BCUT2D eigenvalue weighted by Crippen LogP contribution is 2.39. The van der Waals surface area contributed by atoms with Crippen LogP contribution in [0, 0.1) is 6.92 Å². The van der Waals surface area contributed by atoms with Crippen molar-refractivity contribution in [2.45, 2.75) is 25.5 Å². The van der Waals surface area contributed by atoms with Gasteiger partial charge in [0.15, 0.2) is 11.0 Å². The lowest BCUT2D eigenvalue weighted by molar-refractivity contribution is -0.113. The Hall–Kier alpha value is -3.30. The monoisotopic (exact) mass is 494 g/mol. The van der Waals surface area contributed by atoms with E-state index in [-0.39, 0.29) is 11.7 Å². The lowest BCUT2D eigenvalue weighted by atomic mass is 10.0. The van der Waals surface area contributed by atoms with Gasteiger partial charge in [-0.05, 0) is 31.5 Å². The summed E-state index contributed by atoms with van der Waals surface area (Å²) >= 11 is 3.06. The molecule has 176 valence electrons. The number of carbonyl (C=O) groups excluding carboxylic acids is 1. The Bertz CT molecular complexity index is 1280. The second-order valence-corrected chi connectivity index (χ2v) is 9.43. The van der Waals surface area contributed by atoms with Gasteiger partial charge in [-0.25, -0.2) is 0 Å². The Kier molecular flexibility index (Phi) is 7.54. The molecule has 0 atom stereocenters. The number of benzene rings is 2. The van der Waals surface area contributed by atoms with Crippen LogP contribution in [-0.2, 0) is 11.3 Å². The van der Waals surface area contributed by atoms with E-state index in [1.807, 2.05) is 18.2 Å². The summed E-state index contributed by atoms with van der Waals surface area (Å²) < 4.78 is 12.6. The summed E-state index contributed by atoms with van der Waals surface area (Å²) in [6.45, 7) is 4.87. The highest BCUT2D eigenvalue weighted by molar-refractivity contribution is 7.99. The fourth-order valence-corrected chi connectivity index (χ4v) is 5.35. The standard InChI is InChI=1S/C25H26N4O3S2/c1-5-29-24(19-14-33-16(2)23(19)17-9-7-6-8-10-17)27-28-25(29)34-15-22(30)26-20-12-11-18(31-3)13-21(20)32-4/h6-14H,5,15H2,1-4H3,(H,26,30). The van der Waals surface area contributed by atoms with Gasteiger partial charge in [0.1, 0.15) is 11.5 Å². The molecule has 0 bridgehead atoms. The first kappa shape index (κ1) is 23.8. The number of nitrogens with zero attached hydrogens (tertiary/aromatic N) is 3. The molecule has 0 saturated carbocycles. The molecule has 4 rings (SSSR count). The number of thiophene rings is 1. The highest BCUT2D eigenvalue weighted by Gasteiger charge is 2.20. The summed E-state index contributed by atoms with van der Waals surface area (Å²) in [4.78, 5) is 13.9. The largest absolute Gasteiger partial charge is 0.497 e. The molecular formula is C25H26N4O3S2. The SMILES string of the molecule is CCn1c(SCC(=O)Nc2ccc(OC)cc2OC)nnc1-c1csc(C)c1-c1ccccc1. The van der Waals surface area contributed by atoms with Crippen LogP contribution in [-0.4, -0.2) is 40.6 Å². The van der Waals surface area contributed by atoms with Gasteiger partial charge in [-0.3, -0.25) is 4.79 Å². The van der Waals surface area contributed by atoms with Gasteiger partial charge in [0, 0.05) is 34.0 Å². The Balaban J connectivity index is 1.52. The number of methoxy groups -OCH3 is 2. The van der Waals surface area contributed by atoms with Crippen molar-refractivity contribution in [1.82, 2.24) is 14.8 Å². The van der Waals surface area contributed by atoms with E-state index in [9.17, 15) is 4.79 Å². The maximum atomic E-state index is 12.7. The summed E-state index contributed by atoms with van der Waals surface area (Å²) in [5.41, 5.74) is 3.98. The van der Waals surface area contributed by atoms with Crippen LogP contribution in [0.15, 0.2) is 59.1 Å². The molecule has 34 heavy (non-hydrogen) atoms. The molecule has 1 amide bonds. The minimum Gasteiger partial charge on any atom is -0.497 e. The number of anilines is 1. The van der Waals surface area contributed by atoms with E-state index >= 15 is 0 Å². The smallest absolute Gasteiger partial charge is 0.234 e. The van der Waals surface area contributed by atoms with Crippen LogP contribution < -0.4 is 14.8 Å². The normalized spacial score (nSPS) is 10.8. The third-order valence-electron chi connectivity index (χ3n) is 5.33. The quantitative estimate of drug-likeness (QED) is 0.299. The van der Waals surface area contributed by atoms with Crippen molar-refractivity contribution in [3.63, 3.8) is 0 Å². The van der Waals surface area contributed by atoms with Gasteiger partial charge in [-0.15, -0.1) is 21.5 Å². The molecule has 2 aromatic carbocycles. The fourth-order valence-electron chi connectivity index (χ4n) is 3.68. The number of hydrogen-bond acceptors (Lipinski definition) is 7. The number of ether oxygens (including phenoxy) is 2. The van der Waals surface area contributed by atoms with Crippen molar-refractivity contribution in [2.75, 3.05) is 25.3 Å². The Morgan fingerprint density at radius 2 is 1.91 bits per heavy atom. The lowest BCUT2D eigenvalue weighted by Gasteiger charge is -2.12. The molecule has 2 heterocycles. The average molecular weight is 495 g/mol. The zero-order chi connectivity index (χ0) is 24.1. The third kappa shape index (κ3) is 4.95. The van der Waals surface area contributed by atoms with Crippen LogP contribution in [0.5, 0.6) is 11.5 Å². The van der Waals surface area contributed by atoms with E-state index in [4.69, 9.17) is 9.47 Å². The van der Waals surface area contributed by atoms with E-state index in [0.29, 0.717) is 28.9 Å². The second-order valence-electron chi connectivity index (χ2n) is 7.40. The van der Waals surface area contributed by atoms with Gasteiger partial charge in [-0.2, -0.15) is 0 Å². The second kappa shape index (κ2) is 10.8. The summed E-state index contributed by atoms with van der Waals surface area (Å²) in [6, 6.07) is 15.6. The molecule has 0 aliphatic carbocycles. The number of nitrogens with one attached hydrogen (secondary N) is 1. The molecule has 4 aromatic rings. The van der Waals surface area contributed by atoms with Crippen molar-refractivity contribution in [3.8, 4) is 34.0 Å². The van der Waals surface area contributed by atoms with Crippen molar-refractivity contribution >= 4 is 34.7 Å². The molecule has 0 fully saturated rings. The number of carbonyl (C=O) groups is 1. The lowest BCUT2D eigenvalue weighted by Crippen LogP contribution is -2.15. The molecule has 9 heteroatoms. The highest BCUT2D eigenvalue weighted by atomic mass is 32.2. The predicted molar refractivity (Wildman–Crippen MR) is 138 cm³/mol.